The molecule has 20 heavy (non-hydrogen) atoms. The Kier molecular flexibility index (Phi) is 8.57. The molecule has 0 fully saturated rings. The molecule has 0 aliphatic carbocycles. The molecule has 2 heterocycles. The second-order valence-corrected chi connectivity index (χ2v) is 4.49. The van der Waals surface area contributed by atoms with Gasteiger partial charge in [-0.3, -0.25) is 0 Å². The topological polar surface area (TPSA) is 55.7 Å². The number of hydrogen-bond donors (Lipinski definition) is 1. The SMILES string of the molecule is Br.CCCc1ncc(C[n+]2ccc(C)cc2)c(N)n1.[Br-]. The summed E-state index contributed by atoms with van der Waals surface area (Å²) in [6.07, 6.45) is 7.82. The molecule has 2 N–H and O–H groups in total. The molecule has 0 aromatic carbocycles. The summed E-state index contributed by atoms with van der Waals surface area (Å²) in [4.78, 5) is 8.67. The van der Waals surface area contributed by atoms with E-state index in [-0.39, 0.29) is 34.0 Å². The highest BCUT2D eigenvalue weighted by atomic mass is 79.9. The second-order valence-electron chi connectivity index (χ2n) is 4.49. The van der Waals surface area contributed by atoms with Crippen LogP contribution in [0, 0.1) is 6.92 Å². The molecular weight excluding hydrogens is 384 g/mol. The summed E-state index contributed by atoms with van der Waals surface area (Å²) in [5.41, 5.74) is 8.17. The monoisotopic (exact) mass is 402 g/mol. The van der Waals surface area contributed by atoms with E-state index < -0.39 is 0 Å². The smallest absolute Gasteiger partial charge is 0.178 e. The highest BCUT2D eigenvalue weighted by Gasteiger charge is 2.08. The van der Waals surface area contributed by atoms with Gasteiger partial charge in [-0.1, -0.05) is 6.92 Å². The van der Waals surface area contributed by atoms with Gasteiger partial charge in [-0.25, -0.2) is 14.5 Å². The minimum Gasteiger partial charge on any atom is -1.00 e. The number of pyridine rings is 1. The number of halogens is 2. The van der Waals surface area contributed by atoms with E-state index in [1.807, 2.05) is 18.6 Å². The Balaban J connectivity index is 0.00000180. The Labute approximate surface area is 141 Å². The van der Waals surface area contributed by atoms with Gasteiger partial charge in [0.15, 0.2) is 18.9 Å². The van der Waals surface area contributed by atoms with E-state index in [1.54, 1.807) is 0 Å². The van der Waals surface area contributed by atoms with Crippen LogP contribution in [-0.2, 0) is 13.0 Å². The molecule has 0 spiro atoms. The highest BCUT2D eigenvalue weighted by Crippen LogP contribution is 2.08. The van der Waals surface area contributed by atoms with Crippen LogP contribution in [0.4, 0.5) is 5.82 Å². The summed E-state index contributed by atoms with van der Waals surface area (Å²) < 4.78 is 2.07. The van der Waals surface area contributed by atoms with Crippen LogP contribution in [0.1, 0.15) is 30.3 Å². The lowest BCUT2D eigenvalue weighted by atomic mass is 10.2. The second kappa shape index (κ2) is 9.02. The molecule has 2 rings (SSSR count). The van der Waals surface area contributed by atoms with Crippen molar-refractivity contribution in [2.24, 2.45) is 0 Å². The van der Waals surface area contributed by atoms with E-state index in [4.69, 9.17) is 5.73 Å². The number of anilines is 1. The van der Waals surface area contributed by atoms with Crippen LogP contribution in [0.3, 0.4) is 0 Å². The maximum absolute atomic E-state index is 5.96. The van der Waals surface area contributed by atoms with Gasteiger partial charge in [-0.05, 0) is 18.9 Å². The molecule has 110 valence electrons. The largest absolute Gasteiger partial charge is 1.00 e. The van der Waals surface area contributed by atoms with Crippen LogP contribution in [0.5, 0.6) is 0 Å². The predicted octanol–water partition coefficient (Wildman–Crippen LogP) is -0.763. The molecule has 4 nitrogen and oxygen atoms in total. The maximum Gasteiger partial charge on any atom is 0.178 e. The van der Waals surface area contributed by atoms with Gasteiger partial charge in [-0.15, -0.1) is 17.0 Å². The van der Waals surface area contributed by atoms with Crippen LogP contribution < -0.4 is 27.3 Å². The molecule has 0 aliphatic rings. The Hall–Kier alpha value is -1.01. The van der Waals surface area contributed by atoms with Crippen molar-refractivity contribution in [3.8, 4) is 0 Å². The molecule has 0 amide bonds. The first kappa shape index (κ1) is 19.0. The van der Waals surface area contributed by atoms with Gasteiger partial charge >= 0.3 is 0 Å². The molecule has 6 heteroatoms. The average molecular weight is 404 g/mol. The van der Waals surface area contributed by atoms with Crippen LogP contribution >= 0.6 is 17.0 Å². The number of rotatable bonds is 4. The summed E-state index contributed by atoms with van der Waals surface area (Å²) in [7, 11) is 0. The first-order chi connectivity index (χ1) is 8.69. The van der Waals surface area contributed by atoms with Gasteiger partial charge in [0.25, 0.3) is 0 Å². The zero-order valence-electron chi connectivity index (χ0n) is 11.7. The molecular formula is C14H20Br2N4. The lowest BCUT2D eigenvalue weighted by molar-refractivity contribution is -0.688. The predicted molar refractivity (Wildman–Crippen MR) is 81.2 cm³/mol. The van der Waals surface area contributed by atoms with Crippen LogP contribution in [-0.4, -0.2) is 9.97 Å². The van der Waals surface area contributed by atoms with E-state index in [1.165, 1.54) is 5.56 Å². The van der Waals surface area contributed by atoms with Gasteiger partial charge in [0, 0.05) is 24.8 Å². The third kappa shape index (κ3) is 5.17. The third-order valence-corrected chi connectivity index (χ3v) is 2.83. The van der Waals surface area contributed by atoms with E-state index in [9.17, 15) is 0 Å². The minimum atomic E-state index is 0. The number of nitrogens with zero attached hydrogens (tertiary/aromatic N) is 3. The van der Waals surface area contributed by atoms with Gasteiger partial charge in [0.1, 0.15) is 11.6 Å². The van der Waals surface area contributed by atoms with Crippen molar-refractivity contribution in [2.45, 2.75) is 33.2 Å². The molecule has 2 aromatic rings. The van der Waals surface area contributed by atoms with Gasteiger partial charge in [0.2, 0.25) is 0 Å². The average Bonchev–Trinajstić information content (AvgIpc) is 2.36. The zero-order chi connectivity index (χ0) is 13.0. The van der Waals surface area contributed by atoms with E-state index in [0.29, 0.717) is 12.4 Å². The van der Waals surface area contributed by atoms with Crippen molar-refractivity contribution in [1.29, 1.82) is 0 Å². The molecule has 0 radical (unpaired) electrons. The molecule has 0 bridgehead atoms. The number of hydrogen-bond acceptors (Lipinski definition) is 3. The van der Waals surface area contributed by atoms with Crippen LogP contribution in [0.25, 0.3) is 0 Å². The molecule has 0 unspecified atom stereocenters. The molecule has 0 saturated carbocycles. The van der Waals surface area contributed by atoms with Gasteiger partial charge in [-0.2, -0.15) is 0 Å². The van der Waals surface area contributed by atoms with Crippen molar-refractivity contribution in [3.05, 3.63) is 47.7 Å². The fraction of sp³-hybridized carbons (Fsp3) is 0.357. The summed E-state index contributed by atoms with van der Waals surface area (Å²) in [6, 6.07) is 4.14. The summed E-state index contributed by atoms with van der Waals surface area (Å²) in [5.74, 6) is 1.41. The molecule has 0 aliphatic heterocycles. The number of aromatic nitrogens is 3. The quantitative estimate of drug-likeness (QED) is 0.682. The van der Waals surface area contributed by atoms with Crippen molar-refractivity contribution >= 4 is 22.8 Å². The summed E-state index contributed by atoms with van der Waals surface area (Å²) >= 11 is 0. The van der Waals surface area contributed by atoms with Crippen molar-refractivity contribution in [2.75, 3.05) is 5.73 Å². The minimum absolute atomic E-state index is 0. The van der Waals surface area contributed by atoms with E-state index in [0.717, 1.165) is 24.2 Å². The number of aryl methyl sites for hydroxylation is 2. The van der Waals surface area contributed by atoms with E-state index in [2.05, 4.69) is 40.5 Å². The third-order valence-electron chi connectivity index (χ3n) is 2.83. The van der Waals surface area contributed by atoms with Crippen LogP contribution in [0.15, 0.2) is 30.7 Å². The first-order valence-corrected chi connectivity index (χ1v) is 6.25. The Morgan fingerprint density at radius 3 is 2.45 bits per heavy atom. The summed E-state index contributed by atoms with van der Waals surface area (Å²) in [6.45, 7) is 4.88. The Morgan fingerprint density at radius 2 is 1.90 bits per heavy atom. The fourth-order valence-corrected chi connectivity index (χ4v) is 1.76. The first-order valence-electron chi connectivity index (χ1n) is 6.25. The number of nitrogen functional groups attached to an aromatic ring is 1. The van der Waals surface area contributed by atoms with Gasteiger partial charge in [0.05, 0.1) is 5.56 Å². The van der Waals surface area contributed by atoms with Crippen molar-refractivity contribution in [3.63, 3.8) is 0 Å². The van der Waals surface area contributed by atoms with Crippen molar-refractivity contribution < 1.29 is 21.5 Å². The normalized spacial score (nSPS) is 9.50. The van der Waals surface area contributed by atoms with Crippen molar-refractivity contribution in [1.82, 2.24) is 9.97 Å². The maximum atomic E-state index is 5.96. The fourth-order valence-electron chi connectivity index (χ4n) is 1.76. The van der Waals surface area contributed by atoms with Gasteiger partial charge < -0.3 is 22.7 Å². The van der Waals surface area contributed by atoms with Crippen LogP contribution in [0.2, 0.25) is 0 Å². The number of nitrogens with two attached hydrogens (primary N) is 1. The van der Waals surface area contributed by atoms with E-state index >= 15 is 0 Å². The molecule has 0 atom stereocenters. The zero-order valence-corrected chi connectivity index (χ0v) is 15.0. The lowest BCUT2D eigenvalue weighted by Crippen LogP contribution is -3.00. The highest BCUT2D eigenvalue weighted by molar-refractivity contribution is 8.93. The Bertz CT molecular complexity index is 529. The molecule has 0 saturated heterocycles. The summed E-state index contributed by atoms with van der Waals surface area (Å²) in [5, 5.41) is 0. The lowest BCUT2D eigenvalue weighted by Gasteiger charge is -2.04. The molecule has 2 aromatic heterocycles. The standard InChI is InChI=1S/C14H19N4.2BrH/c1-3-4-13-16-9-12(14(15)17-13)10-18-7-5-11(2)6-8-18;;/h5-9H,3-4,10H2,1-2H3,(H2,15,16,17);2*1H/q+1;;/p-1. The Morgan fingerprint density at radius 1 is 1.25 bits per heavy atom.